The molecule has 0 aromatic heterocycles. The Labute approximate surface area is 227 Å². The number of hydrogen-bond donors (Lipinski definition) is 1. The summed E-state index contributed by atoms with van der Waals surface area (Å²) in [7, 11) is -2.11. The summed E-state index contributed by atoms with van der Waals surface area (Å²) in [6, 6.07) is 8.04. The average Bonchev–Trinajstić information content (AvgIpc) is 2.83. The van der Waals surface area contributed by atoms with E-state index in [2.05, 4.69) is 4.72 Å². The zero-order valence-corrected chi connectivity index (χ0v) is 23.2. The quantitative estimate of drug-likeness (QED) is 0.485. The van der Waals surface area contributed by atoms with Crippen molar-refractivity contribution in [2.24, 2.45) is 0 Å². The lowest BCUT2D eigenvalue weighted by molar-refractivity contribution is -0.147. The molecule has 2 aromatic rings. The van der Waals surface area contributed by atoms with Crippen LogP contribution >= 0.6 is 23.2 Å². The molecule has 1 saturated carbocycles. The fraction of sp³-hybridized carbons (Fsp3) is 0.462. The van der Waals surface area contributed by atoms with Crippen molar-refractivity contribution >= 4 is 45.1 Å². The van der Waals surface area contributed by atoms with Crippen molar-refractivity contribution in [3.05, 3.63) is 63.1 Å². The molecule has 2 aliphatic rings. The van der Waals surface area contributed by atoms with Crippen LogP contribution in [0.1, 0.15) is 66.1 Å². The second-order valence-electron chi connectivity index (χ2n) is 9.33. The van der Waals surface area contributed by atoms with Gasteiger partial charge in [0.25, 0.3) is 5.91 Å². The molecule has 1 N–H and O–H groups in total. The highest BCUT2D eigenvalue weighted by Crippen LogP contribution is 2.51. The molecular weight excluding hydrogens is 539 g/mol. The van der Waals surface area contributed by atoms with Gasteiger partial charge in [0.05, 0.1) is 31.0 Å². The number of esters is 1. The van der Waals surface area contributed by atoms with Crippen molar-refractivity contribution in [3.63, 3.8) is 0 Å². The van der Waals surface area contributed by atoms with Gasteiger partial charge in [0.2, 0.25) is 10.0 Å². The van der Waals surface area contributed by atoms with Crippen molar-refractivity contribution in [3.8, 4) is 5.75 Å². The molecule has 0 spiro atoms. The molecule has 0 bridgehead atoms. The number of carbonyl (C=O) groups is 2. The van der Waals surface area contributed by atoms with Crippen molar-refractivity contribution < 1.29 is 27.5 Å². The van der Waals surface area contributed by atoms with Crippen molar-refractivity contribution in [2.75, 3.05) is 20.0 Å². The van der Waals surface area contributed by atoms with Gasteiger partial charge in [-0.25, -0.2) is 13.1 Å². The van der Waals surface area contributed by atoms with E-state index in [1.807, 2.05) is 0 Å². The van der Waals surface area contributed by atoms with Gasteiger partial charge in [-0.15, -0.1) is 0 Å². The van der Waals surface area contributed by atoms with Crippen LogP contribution < -0.4 is 9.46 Å². The van der Waals surface area contributed by atoms with Crippen LogP contribution in [0.3, 0.4) is 0 Å². The number of sulfonamides is 1. The molecule has 4 atom stereocenters. The highest BCUT2D eigenvalue weighted by Gasteiger charge is 2.50. The van der Waals surface area contributed by atoms with Crippen molar-refractivity contribution in [1.82, 2.24) is 9.62 Å². The van der Waals surface area contributed by atoms with Crippen LogP contribution in [-0.2, 0) is 19.6 Å². The summed E-state index contributed by atoms with van der Waals surface area (Å²) in [6.07, 6.45) is 3.79. The topological polar surface area (TPSA) is 102 Å². The van der Waals surface area contributed by atoms with E-state index in [-0.39, 0.29) is 17.5 Å². The fourth-order valence-corrected chi connectivity index (χ4v) is 6.99. The van der Waals surface area contributed by atoms with Crippen molar-refractivity contribution in [2.45, 2.75) is 56.7 Å². The number of ether oxygens (including phenoxy) is 2. The van der Waals surface area contributed by atoms with Crippen LogP contribution in [0, 0.1) is 0 Å². The molecule has 1 fully saturated rings. The number of methoxy groups -OCH3 is 1. The summed E-state index contributed by atoms with van der Waals surface area (Å²) in [4.78, 5) is 29.4. The molecule has 37 heavy (non-hydrogen) atoms. The molecule has 8 nitrogen and oxygen atoms in total. The number of nitrogens with zero attached hydrogens (tertiary/aromatic N) is 1. The first-order valence-corrected chi connectivity index (χ1v) is 14.8. The summed E-state index contributed by atoms with van der Waals surface area (Å²) >= 11 is 13.0. The van der Waals surface area contributed by atoms with E-state index in [9.17, 15) is 18.0 Å². The minimum atomic E-state index is -3.57. The lowest BCUT2D eigenvalue weighted by Gasteiger charge is -2.49. The predicted molar refractivity (Wildman–Crippen MR) is 142 cm³/mol. The fourth-order valence-electron chi connectivity index (χ4n) is 5.58. The van der Waals surface area contributed by atoms with Crippen LogP contribution in [0.2, 0.25) is 10.0 Å². The Morgan fingerprint density at radius 3 is 2.54 bits per heavy atom. The smallest absolute Gasteiger partial charge is 0.315 e. The first kappa shape index (κ1) is 27.7. The minimum Gasteiger partial charge on any atom is -0.496 e. The van der Waals surface area contributed by atoms with Gasteiger partial charge >= 0.3 is 5.97 Å². The van der Waals surface area contributed by atoms with Gasteiger partial charge < -0.3 is 14.4 Å². The summed E-state index contributed by atoms with van der Waals surface area (Å²) < 4.78 is 38.4. The molecule has 0 radical (unpaired) electrons. The van der Waals surface area contributed by atoms with E-state index in [4.69, 9.17) is 32.7 Å². The van der Waals surface area contributed by atoms with E-state index >= 15 is 0 Å². The van der Waals surface area contributed by atoms with E-state index in [0.717, 1.165) is 19.1 Å². The zero-order valence-electron chi connectivity index (χ0n) is 20.9. The Balaban J connectivity index is 2.00. The molecule has 0 saturated heterocycles. The summed E-state index contributed by atoms with van der Waals surface area (Å²) in [5.41, 5.74) is 1.30. The Morgan fingerprint density at radius 2 is 1.86 bits per heavy atom. The van der Waals surface area contributed by atoms with Gasteiger partial charge in [-0.2, -0.15) is 0 Å². The van der Waals surface area contributed by atoms with Crippen LogP contribution in [0.25, 0.3) is 0 Å². The molecule has 4 rings (SSSR count). The SMILES string of the molecule is CCOC(=O)[C@@H]1c2ccccc2C(=O)N([C@H]2CCCC[C@@H]2NS(C)(=O)=O)[C@H]1c1c(Cl)cc(Cl)cc1OC. The lowest BCUT2D eigenvalue weighted by atomic mass is 9.76. The molecule has 0 unspecified atom stereocenters. The average molecular weight is 570 g/mol. The molecular formula is C26H30Cl2N2O6S. The Bertz CT molecular complexity index is 1300. The first-order chi connectivity index (χ1) is 17.6. The van der Waals surface area contributed by atoms with Crippen LogP contribution in [0.4, 0.5) is 0 Å². The first-order valence-electron chi connectivity index (χ1n) is 12.2. The van der Waals surface area contributed by atoms with Gasteiger partial charge in [-0.1, -0.05) is 54.2 Å². The largest absolute Gasteiger partial charge is 0.496 e. The molecule has 200 valence electrons. The van der Waals surface area contributed by atoms with Gasteiger partial charge in [-0.3, -0.25) is 9.59 Å². The third kappa shape index (κ3) is 5.60. The van der Waals surface area contributed by atoms with Gasteiger partial charge in [0.1, 0.15) is 11.7 Å². The van der Waals surface area contributed by atoms with E-state index < -0.39 is 40.0 Å². The molecule has 1 amide bonds. The number of fused-ring (bicyclic) bond motifs is 1. The van der Waals surface area contributed by atoms with Crippen LogP contribution in [-0.4, -0.2) is 57.3 Å². The number of amides is 1. The summed E-state index contributed by atoms with van der Waals surface area (Å²) in [5, 5.41) is 0.561. The predicted octanol–water partition coefficient (Wildman–Crippen LogP) is 4.71. The van der Waals surface area contributed by atoms with E-state index in [1.54, 1.807) is 48.2 Å². The third-order valence-corrected chi connectivity index (χ3v) is 8.20. The number of halogens is 2. The van der Waals surface area contributed by atoms with E-state index in [0.29, 0.717) is 40.3 Å². The van der Waals surface area contributed by atoms with Gasteiger partial charge in [0.15, 0.2) is 0 Å². The number of nitrogens with one attached hydrogen (secondary N) is 1. The second-order valence-corrected chi connectivity index (χ2v) is 11.9. The molecule has 11 heteroatoms. The van der Waals surface area contributed by atoms with Gasteiger partial charge in [0, 0.05) is 28.2 Å². The highest BCUT2D eigenvalue weighted by molar-refractivity contribution is 7.88. The Morgan fingerprint density at radius 1 is 1.16 bits per heavy atom. The van der Waals surface area contributed by atoms with E-state index in [1.165, 1.54) is 7.11 Å². The van der Waals surface area contributed by atoms with Crippen LogP contribution in [0.15, 0.2) is 36.4 Å². The maximum Gasteiger partial charge on any atom is 0.315 e. The molecule has 1 aliphatic carbocycles. The number of hydrogen-bond acceptors (Lipinski definition) is 6. The molecule has 2 aromatic carbocycles. The normalized spacial score (nSPS) is 23.9. The summed E-state index contributed by atoms with van der Waals surface area (Å²) in [5.74, 6) is -1.45. The Hall–Kier alpha value is -2.33. The number of rotatable bonds is 7. The summed E-state index contributed by atoms with van der Waals surface area (Å²) in [6.45, 7) is 1.86. The maximum absolute atomic E-state index is 14.2. The van der Waals surface area contributed by atoms with Crippen molar-refractivity contribution in [1.29, 1.82) is 0 Å². The second kappa shape index (κ2) is 11.2. The minimum absolute atomic E-state index is 0.144. The maximum atomic E-state index is 14.2. The monoisotopic (exact) mass is 568 g/mol. The standard InChI is InChI=1S/C26H30Cl2N2O6S/c1-4-36-26(32)22-16-9-5-6-10-17(16)25(31)30(20-12-8-7-11-19(20)29-37(3,33)34)24(22)23-18(28)13-15(27)14-21(23)35-2/h5-6,9-10,13-14,19-20,22,24,29H,4,7-8,11-12H2,1-3H3/t19-,20-,22+,24+/m0/s1. The zero-order chi connectivity index (χ0) is 26.9. The number of benzene rings is 2. The van der Waals surface area contributed by atoms with Crippen LogP contribution in [0.5, 0.6) is 5.75 Å². The Kier molecular flexibility index (Phi) is 8.38. The highest BCUT2D eigenvalue weighted by atomic mass is 35.5. The third-order valence-electron chi connectivity index (χ3n) is 6.94. The lowest BCUT2D eigenvalue weighted by Crippen LogP contribution is -2.58. The molecule has 1 aliphatic heterocycles. The molecule has 1 heterocycles. The number of carbonyl (C=O) groups excluding carboxylic acids is 2. The van der Waals surface area contributed by atoms with Gasteiger partial charge in [-0.05, 0) is 43.5 Å².